The van der Waals surface area contributed by atoms with Crippen molar-refractivity contribution in [3.05, 3.63) is 23.8 Å². The van der Waals surface area contributed by atoms with E-state index in [4.69, 9.17) is 14.6 Å². The Balaban J connectivity index is 2.89. The quantitative estimate of drug-likeness (QED) is 0.753. The minimum Gasteiger partial charge on any atom is -0.490 e. The first-order valence-corrected chi connectivity index (χ1v) is 6.90. The predicted molar refractivity (Wildman–Crippen MR) is 74.2 cm³/mol. The number of halogens is 2. The van der Waals surface area contributed by atoms with Crippen LogP contribution in [-0.4, -0.2) is 24.3 Å². The van der Waals surface area contributed by atoms with Gasteiger partial charge in [-0.05, 0) is 38.5 Å². The average molecular weight is 302 g/mol. The molecule has 0 saturated carbocycles. The molecule has 1 rings (SSSR count). The van der Waals surface area contributed by atoms with E-state index in [2.05, 4.69) is 0 Å². The summed E-state index contributed by atoms with van der Waals surface area (Å²) in [5.41, 5.74) is -0.195. The van der Waals surface area contributed by atoms with Gasteiger partial charge in [0.1, 0.15) is 0 Å². The van der Waals surface area contributed by atoms with Crippen LogP contribution in [0, 0.1) is 0 Å². The number of hydrogen-bond acceptors (Lipinski definition) is 3. The lowest BCUT2D eigenvalue weighted by molar-refractivity contribution is -0.137. The van der Waals surface area contributed by atoms with Crippen LogP contribution in [0.15, 0.2) is 18.2 Å². The smallest absolute Gasteiger partial charge is 0.303 e. The number of rotatable bonds is 9. The maximum absolute atomic E-state index is 14.1. The summed E-state index contributed by atoms with van der Waals surface area (Å²) in [7, 11) is 0. The number of hydrogen-bond donors (Lipinski definition) is 1. The molecule has 21 heavy (non-hydrogen) atoms. The molecule has 0 heterocycles. The van der Waals surface area contributed by atoms with Gasteiger partial charge in [0.2, 0.25) is 0 Å². The molecule has 0 bridgehead atoms. The summed E-state index contributed by atoms with van der Waals surface area (Å²) in [6.07, 6.45) is -0.872. The highest BCUT2D eigenvalue weighted by atomic mass is 19.3. The van der Waals surface area contributed by atoms with E-state index in [1.165, 1.54) is 18.2 Å². The van der Waals surface area contributed by atoms with Crippen LogP contribution in [0.2, 0.25) is 0 Å². The second kappa shape index (κ2) is 7.81. The molecule has 4 nitrogen and oxygen atoms in total. The second-order valence-electron chi connectivity index (χ2n) is 4.48. The maximum atomic E-state index is 14.1. The molecule has 0 aliphatic rings. The van der Waals surface area contributed by atoms with Gasteiger partial charge in [-0.3, -0.25) is 4.79 Å². The van der Waals surface area contributed by atoms with Gasteiger partial charge in [-0.15, -0.1) is 0 Å². The Kier molecular flexibility index (Phi) is 6.39. The molecule has 118 valence electrons. The van der Waals surface area contributed by atoms with Crippen molar-refractivity contribution < 1.29 is 28.2 Å². The summed E-state index contributed by atoms with van der Waals surface area (Å²) in [5.74, 6) is -3.47. The van der Waals surface area contributed by atoms with Crippen LogP contribution >= 0.6 is 0 Å². The van der Waals surface area contributed by atoms with Crippen LogP contribution in [0.25, 0.3) is 0 Å². The van der Waals surface area contributed by atoms with Crippen molar-refractivity contribution in [2.75, 3.05) is 13.2 Å². The summed E-state index contributed by atoms with van der Waals surface area (Å²) in [4.78, 5) is 10.4. The average Bonchev–Trinajstić information content (AvgIpc) is 2.40. The van der Waals surface area contributed by atoms with Crippen molar-refractivity contribution >= 4 is 5.97 Å². The highest BCUT2D eigenvalue weighted by Gasteiger charge is 2.32. The lowest BCUT2D eigenvalue weighted by atomic mass is 10.0. The van der Waals surface area contributed by atoms with Crippen LogP contribution in [0.3, 0.4) is 0 Å². The molecule has 0 saturated heterocycles. The third-order valence-corrected chi connectivity index (χ3v) is 2.85. The standard InChI is InChI=1S/C15H20F2O4/c1-3-20-12-8-7-11(10-13(12)21-4-2)15(16,17)9-5-6-14(18)19/h7-8,10H,3-6,9H2,1-2H3,(H,18,19). The van der Waals surface area contributed by atoms with Gasteiger partial charge in [-0.25, -0.2) is 8.78 Å². The van der Waals surface area contributed by atoms with Crippen molar-refractivity contribution in [3.63, 3.8) is 0 Å². The second-order valence-corrected chi connectivity index (χ2v) is 4.48. The van der Waals surface area contributed by atoms with Gasteiger partial charge < -0.3 is 14.6 Å². The van der Waals surface area contributed by atoms with Crippen LogP contribution in [0.5, 0.6) is 11.5 Å². The van der Waals surface area contributed by atoms with Gasteiger partial charge in [0, 0.05) is 18.4 Å². The summed E-state index contributed by atoms with van der Waals surface area (Å²) in [6, 6.07) is 4.00. The van der Waals surface area contributed by atoms with Gasteiger partial charge in [-0.1, -0.05) is 0 Å². The van der Waals surface area contributed by atoms with E-state index < -0.39 is 18.3 Å². The fraction of sp³-hybridized carbons (Fsp3) is 0.533. The Hall–Kier alpha value is -1.85. The zero-order chi connectivity index (χ0) is 15.9. The van der Waals surface area contributed by atoms with E-state index in [0.29, 0.717) is 19.0 Å². The van der Waals surface area contributed by atoms with Crippen molar-refractivity contribution in [1.29, 1.82) is 0 Å². The topological polar surface area (TPSA) is 55.8 Å². The van der Waals surface area contributed by atoms with Gasteiger partial charge in [-0.2, -0.15) is 0 Å². The molecule has 6 heteroatoms. The van der Waals surface area contributed by atoms with Crippen molar-refractivity contribution in [2.24, 2.45) is 0 Å². The van der Waals surface area contributed by atoms with Crippen LogP contribution in [0.4, 0.5) is 8.78 Å². The highest BCUT2D eigenvalue weighted by molar-refractivity contribution is 5.66. The molecule has 0 amide bonds. The Bertz CT molecular complexity index is 475. The van der Waals surface area contributed by atoms with E-state index >= 15 is 0 Å². The first-order chi connectivity index (χ1) is 9.90. The van der Waals surface area contributed by atoms with E-state index in [0.717, 1.165) is 0 Å². The molecule has 1 N–H and O–H groups in total. The highest BCUT2D eigenvalue weighted by Crippen LogP contribution is 2.38. The molecule has 0 aromatic heterocycles. The SMILES string of the molecule is CCOc1ccc(C(F)(F)CCCC(=O)O)cc1OCC. The number of ether oxygens (including phenoxy) is 2. The predicted octanol–water partition coefficient (Wildman–Crippen LogP) is 3.83. The molecule has 0 fully saturated rings. The Morgan fingerprint density at radius 1 is 1.19 bits per heavy atom. The Labute approximate surface area is 122 Å². The van der Waals surface area contributed by atoms with Gasteiger partial charge >= 0.3 is 5.97 Å². The van der Waals surface area contributed by atoms with E-state index in [9.17, 15) is 13.6 Å². The Morgan fingerprint density at radius 2 is 1.81 bits per heavy atom. The third kappa shape index (κ3) is 5.21. The number of benzene rings is 1. The Morgan fingerprint density at radius 3 is 2.38 bits per heavy atom. The molecule has 0 unspecified atom stereocenters. The molecular weight excluding hydrogens is 282 g/mol. The normalized spacial score (nSPS) is 11.2. The van der Waals surface area contributed by atoms with Gasteiger partial charge in [0.15, 0.2) is 11.5 Å². The molecule has 0 radical (unpaired) electrons. The van der Waals surface area contributed by atoms with Crippen LogP contribution in [-0.2, 0) is 10.7 Å². The maximum Gasteiger partial charge on any atom is 0.303 e. The largest absolute Gasteiger partial charge is 0.490 e. The van der Waals surface area contributed by atoms with Crippen molar-refractivity contribution in [3.8, 4) is 11.5 Å². The fourth-order valence-corrected chi connectivity index (χ4v) is 1.88. The zero-order valence-corrected chi connectivity index (χ0v) is 12.2. The van der Waals surface area contributed by atoms with Crippen molar-refractivity contribution in [2.45, 2.75) is 39.0 Å². The number of carbonyl (C=O) groups is 1. The van der Waals surface area contributed by atoms with Gasteiger partial charge in [0.25, 0.3) is 5.92 Å². The van der Waals surface area contributed by atoms with E-state index in [1.807, 2.05) is 0 Å². The van der Waals surface area contributed by atoms with Crippen LogP contribution < -0.4 is 9.47 Å². The van der Waals surface area contributed by atoms with Crippen molar-refractivity contribution in [1.82, 2.24) is 0 Å². The zero-order valence-electron chi connectivity index (χ0n) is 12.2. The summed E-state index contributed by atoms with van der Waals surface area (Å²) < 4.78 is 38.7. The number of carboxylic acids is 1. The molecule has 0 atom stereocenters. The lowest BCUT2D eigenvalue weighted by Gasteiger charge is -2.19. The minimum atomic E-state index is -3.09. The molecule has 1 aromatic carbocycles. The van der Waals surface area contributed by atoms with E-state index in [1.54, 1.807) is 13.8 Å². The molecule has 0 aliphatic heterocycles. The molecule has 1 aromatic rings. The lowest BCUT2D eigenvalue weighted by Crippen LogP contribution is -2.14. The van der Waals surface area contributed by atoms with E-state index in [-0.39, 0.29) is 24.2 Å². The molecule has 0 aliphatic carbocycles. The first kappa shape index (κ1) is 17.2. The first-order valence-electron chi connectivity index (χ1n) is 6.90. The monoisotopic (exact) mass is 302 g/mol. The minimum absolute atomic E-state index is 0.0838. The number of carboxylic acid groups (broad SMARTS) is 1. The fourth-order valence-electron chi connectivity index (χ4n) is 1.88. The summed E-state index contributed by atoms with van der Waals surface area (Å²) >= 11 is 0. The summed E-state index contributed by atoms with van der Waals surface area (Å²) in [5, 5.41) is 8.51. The van der Waals surface area contributed by atoms with Crippen LogP contribution in [0.1, 0.15) is 38.7 Å². The van der Waals surface area contributed by atoms with Gasteiger partial charge in [0.05, 0.1) is 13.2 Å². The molecular formula is C15H20F2O4. The third-order valence-electron chi connectivity index (χ3n) is 2.85. The summed E-state index contributed by atoms with van der Waals surface area (Å²) in [6.45, 7) is 4.31. The molecule has 0 spiro atoms. The number of alkyl halides is 2. The number of aliphatic carboxylic acids is 1.